The molecule has 0 aliphatic heterocycles. The molecule has 0 saturated heterocycles. The number of hydrogen-bond donors (Lipinski definition) is 6. The molecule has 0 aliphatic rings. The monoisotopic (exact) mass is 468 g/mol. The topological polar surface area (TPSA) is 182 Å². The van der Waals surface area contributed by atoms with Gasteiger partial charge in [-0.25, -0.2) is 0 Å². The van der Waals surface area contributed by atoms with E-state index >= 15 is 0 Å². The average molecular weight is 468 g/mol. The van der Waals surface area contributed by atoms with E-state index in [1.54, 1.807) is 0 Å². The fourth-order valence-corrected chi connectivity index (χ4v) is 1.88. The van der Waals surface area contributed by atoms with Crippen LogP contribution in [0.15, 0.2) is 0 Å². The van der Waals surface area contributed by atoms with Gasteiger partial charge in [-0.05, 0) is 0 Å². The van der Waals surface area contributed by atoms with Crippen LogP contribution in [0.1, 0.15) is 43.4 Å². The van der Waals surface area contributed by atoms with E-state index < -0.39 is 60.0 Å². The first kappa shape index (κ1) is 35.5. The van der Waals surface area contributed by atoms with Crippen LogP contribution in [0.5, 0.6) is 0 Å². The zero-order chi connectivity index (χ0) is 22.8. The Hall–Kier alpha value is -0.0800. The minimum absolute atomic E-state index is 0. The molecule has 0 radical (unpaired) electrons. The van der Waals surface area contributed by atoms with Crippen LogP contribution in [-0.4, -0.2) is 82.7 Å². The van der Waals surface area contributed by atoms with Gasteiger partial charge in [0.2, 0.25) is 11.8 Å². The Bertz CT molecular complexity index is 561. The van der Waals surface area contributed by atoms with Crippen molar-refractivity contribution in [2.75, 3.05) is 26.3 Å². The first-order valence-electron chi connectivity index (χ1n) is 9.15. The van der Waals surface area contributed by atoms with Crippen LogP contribution in [0, 0.1) is 10.8 Å². The molecule has 172 valence electrons. The summed E-state index contributed by atoms with van der Waals surface area (Å²) < 4.78 is 4.53. The molecule has 13 heteroatoms. The first-order valence-corrected chi connectivity index (χ1v) is 9.15. The predicted octanol–water partition coefficient (Wildman–Crippen LogP) is -7.94. The van der Waals surface area contributed by atoms with E-state index in [0.717, 1.165) is 0 Å². The molecular weight excluding hydrogens is 434 g/mol. The number of nitrogens with one attached hydrogen (secondary N) is 2. The molecule has 11 nitrogen and oxygen atoms in total. The molecule has 0 rings (SSSR count). The zero-order valence-corrected chi connectivity index (χ0v) is 23.2. The van der Waals surface area contributed by atoms with Crippen molar-refractivity contribution in [2.45, 2.75) is 52.7 Å². The third-order valence-electron chi connectivity index (χ3n) is 4.28. The summed E-state index contributed by atoms with van der Waals surface area (Å²) in [4.78, 5) is 46.6. The van der Waals surface area contributed by atoms with E-state index in [4.69, 9.17) is 10.2 Å². The summed E-state index contributed by atoms with van der Waals surface area (Å²) in [5.41, 5.74) is -2.10. The van der Waals surface area contributed by atoms with Crippen LogP contribution in [0.4, 0.5) is 0 Å². The Labute approximate surface area is 229 Å². The molecule has 0 bridgehead atoms. The Morgan fingerprint density at radius 1 is 0.774 bits per heavy atom. The summed E-state index contributed by atoms with van der Waals surface area (Å²) >= 11 is 0. The van der Waals surface area contributed by atoms with Crippen molar-refractivity contribution < 1.29 is 106 Å². The number of aliphatic hydroxyl groups excluding tert-OH is 4. The van der Waals surface area contributed by atoms with Gasteiger partial charge in [-0.1, -0.05) is 27.7 Å². The normalized spacial score (nSPS) is 13.0. The van der Waals surface area contributed by atoms with Crippen LogP contribution >= 0.6 is 0 Å². The molecule has 2 atom stereocenters. The van der Waals surface area contributed by atoms with Crippen molar-refractivity contribution >= 4 is 23.8 Å². The maximum absolute atomic E-state index is 11.7. The first-order chi connectivity index (χ1) is 13.3. The quantitative estimate of drug-likeness (QED) is 0.0920. The molecule has 2 amide bonds. The molecule has 31 heavy (non-hydrogen) atoms. The summed E-state index contributed by atoms with van der Waals surface area (Å²) in [6.07, 6.45) is -3.58. The number of amides is 2. The molecular formula is C18H34N2Na2O9. The number of hydrogen-bond acceptors (Lipinski definition) is 9. The molecule has 0 saturated carbocycles. The summed E-state index contributed by atoms with van der Waals surface area (Å²) in [6.45, 7) is 4.79. The molecule has 0 fully saturated rings. The van der Waals surface area contributed by atoms with Crippen LogP contribution in [-0.2, 0) is 23.9 Å². The summed E-state index contributed by atoms with van der Waals surface area (Å²) in [6, 6.07) is 0. The molecule has 0 aliphatic carbocycles. The molecule has 0 unspecified atom stereocenters. The van der Waals surface area contributed by atoms with Crippen molar-refractivity contribution in [3.63, 3.8) is 0 Å². The minimum Gasteiger partial charge on any atom is -1.00 e. The second-order valence-electron chi connectivity index (χ2n) is 8.03. The van der Waals surface area contributed by atoms with E-state index in [9.17, 15) is 29.4 Å². The zero-order valence-electron chi connectivity index (χ0n) is 21.2. The van der Waals surface area contributed by atoms with Gasteiger partial charge < -0.3 is 38.6 Å². The summed E-state index contributed by atoms with van der Waals surface area (Å²) in [7, 11) is 0. The summed E-state index contributed by atoms with van der Waals surface area (Å²) in [5, 5.41) is 42.4. The van der Waals surface area contributed by atoms with Gasteiger partial charge in [-0.2, -0.15) is 0 Å². The van der Waals surface area contributed by atoms with Crippen molar-refractivity contribution in [2.24, 2.45) is 10.8 Å². The second kappa shape index (κ2) is 16.5. The fourth-order valence-electron chi connectivity index (χ4n) is 1.88. The van der Waals surface area contributed by atoms with Crippen LogP contribution < -0.4 is 69.7 Å². The van der Waals surface area contributed by atoms with E-state index in [0.29, 0.717) is 0 Å². The molecule has 0 spiro atoms. The molecule has 0 aromatic heterocycles. The van der Waals surface area contributed by atoms with Crippen LogP contribution in [0.25, 0.3) is 0 Å². The Morgan fingerprint density at radius 2 is 1.06 bits per heavy atom. The van der Waals surface area contributed by atoms with Gasteiger partial charge in [-0.3, -0.25) is 19.2 Å². The van der Waals surface area contributed by atoms with Gasteiger partial charge in [-0.15, -0.1) is 0 Å². The molecule has 0 aromatic rings. The van der Waals surface area contributed by atoms with E-state index in [2.05, 4.69) is 15.4 Å². The standard InChI is InChI=1S/C18H32N2O9.2Na.2H/c1-17(2,9-21)13(25)15(27)19-7-5-11(23)29-12(24)6-8-20-16(28)14(26)18(3,4)10-22;;;;/h13-14,21-22,25-26H,5-10H2,1-4H3,(H,19,27)(H,20,28);;;;/q;2*+1;2*-1/t13-,14-;;;;/m0..../s1. The third-order valence-corrected chi connectivity index (χ3v) is 4.28. The largest absolute Gasteiger partial charge is 1.00 e. The third kappa shape index (κ3) is 13.3. The van der Waals surface area contributed by atoms with Crippen molar-refractivity contribution in [3.05, 3.63) is 0 Å². The second-order valence-corrected chi connectivity index (χ2v) is 8.03. The smallest absolute Gasteiger partial charge is 1.00 e. The van der Waals surface area contributed by atoms with Crippen molar-refractivity contribution in [1.82, 2.24) is 10.6 Å². The van der Waals surface area contributed by atoms with E-state index in [1.807, 2.05) is 0 Å². The summed E-state index contributed by atoms with van der Waals surface area (Å²) in [5.74, 6) is -3.34. The maximum Gasteiger partial charge on any atom is 1.00 e. The number of aliphatic hydroxyl groups is 4. The van der Waals surface area contributed by atoms with Gasteiger partial charge in [0.1, 0.15) is 12.2 Å². The number of carbonyl (C=O) groups is 4. The maximum atomic E-state index is 11.7. The predicted molar refractivity (Wildman–Crippen MR) is 102 cm³/mol. The van der Waals surface area contributed by atoms with Crippen molar-refractivity contribution in [1.29, 1.82) is 0 Å². The van der Waals surface area contributed by atoms with Crippen molar-refractivity contribution in [3.8, 4) is 0 Å². The van der Waals surface area contributed by atoms with Gasteiger partial charge in [0.05, 0.1) is 26.1 Å². The van der Waals surface area contributed by atoms with Gasteiger partial charge in [0, 0.05) is 23.9 Å². The van der Waals surface area contributed by atoms with Gasteiger partial charge in [0.15, 0.2) is 0 Å². The SMILES string of the molecule is CC(C)(CO)[C@@H](O)C(=O)NCCC(=O)OC(=O)CCNC(=O)[C@H](O)C(C)(C)CO.[H-].[H-].[Na+].[Na+]. The van der Waals surface area contributed by atoms with E-state index in [-0.39, 0.29) is 87.9 Å². The minimum atomic E-state index is -1.47. The Morgan fingerprint density at radius 3 is 1.32 bits per heavy atom. The van der Waals surface area contributed by atoms with Crippen LogP contribution in [0.2, 0.25) is 0 Å². The van der Waals surface area contributed by atoms with Gasteiger partial charge >= 0.3 is 71.1 Å². The number of ether oxygens (including phenoxy) is 1. The van der Waals surface area contributed by atoms with Crippen LogP contribution in [0.3, 0.4) is 0 Å². The number of carbonyl (C=O) groups excluding carboxylic acids is 4. The number of rotatable bonds is 12. The fraction of sp³-hybridized carbons (Fsp3) is 0.778. The molecule has 0 heterocycles. The van der Waals surface area contributed by atoms with E-state index in [1.165, 1.54) is 27.7 Å². The van der Waals surface area contributed by atoms with Gasteiger partial charge in [0.25, 0.3) is 0 Å². The Balaban J connectivity index is -0.000000653. The Kier molecular flexibility index (Phi) is 18.9. The number of esters is 2. The molecule has 0 aromatic carbocycles. The molecule has 6 N–H and O–H groups in total. The average Bonchev–Trinajstić information content (AvgIpc) is 2.66.